The highest BCUT2D eigenvalue weighted by Crippen LogP contribution is 2.31. The highest BCUT2D eigenvalue weighted by molar-refractivity contribution is 7.93. The van der Waals surface area contributed by atoms with E-state index in [2.05, 4.69) is 18.8 Å². The lowest BCUT2D eigenvalue weighted by atomic mass is 10.2. The minimum atomic E-state index is -4.09. The molecule has 0 aliphatic rings. The zero-order valence-corrected chi connectivity index (χ0v) is 16.4. The Morgan fingerprint density at radius 1 is 1.07 bits per heavy atom. The first-order valence-corrected chi connectivity index (χ1v) is 10.8. The molecule has 4 rings (SSSR count). The molecule has 0 aliphatic heterocycles. The second kappa shape index (κ2) is 7.21. The van der Waals surface area contributed by atoms with E-state index < -0.39 is 15.6 Å². The number of hydrogen-bond donors (Lipinski definition) is 2. The van der Waals surface area contributed by atoms with E-state index in [0.717, 1.165) is 18.1 Å². The zero-order valence-electron chi connectivity index (χ0n) is 14.8. The van der Waals surface area contributed by atoms with Gasteiger partial charge in [0.1, 0.15) is 21.5 Å². The summed E-state index contributed by atoms with van der Waals surface area (Å²) in [6, 6.07) is 11.6. The van der Waals surface area contributed by atoms with Crippen molar-refractivity contribution >= 4 is 55.1 Å². The zero-order chi connectivity index (χ0) is 19.7. The lowest BCUT2D eigenvalue weighted by molar-refractivity contribution is 0.563. The average molecular weight is 416 g/mol. The third kappa shape index (κ3) is 3.20. The number of hydrogen-bond acceptors (Lipinski definition) is 8. The number of anilines is 2. The number of nitrogens with one attached hydrogen (secondary N) is 2. The van der Waals surface area contributed by atoms with Crippen molar-refractivity contribution in [1.29, 1.82) is 0 Å². The Balaban J connectivity index is 1.88. The number of nitrogens with zero attached hydrogens (tertiary/aromatic N) is 2. The van der Waals surface area contributed by atoms with Crippen LogP contribution in [0.15, 0.2) is 56.6 Å². The van der Waals surface area contributed by atoms with Gasteiger partial charge in [-0.3, -0.25) is 4.72 Å². The number of rotatable bonds is 6. The van der Waals surface area contributed by atoms with Crippen LogP contribution in [0.2, 0.25) is 0 Å². The molecule has 8 nitrogen and oxygen atoms in total. The average Bonchev–Trinajstić information content (AvgIpc) is 3.16. The quantitative estimate of drug-likeness (QED) is 0.463. The molecule has 0 atom stereocenters. The maximum absolute atomic E-state index is 13.0. The summed E-state index contributed by atoms with van der Waals surface area (Å²) in [6.07, 6.45) is 0.796. The first-order valence-electron chi connectivity index (χ1n) is 8.55. The molecule has 4 aromatic rings. The molecule has 0 saturated heterocycles. The minimum Gasteiger partial charge on any atom is -0.421 e. The van der Waals surface area contributed by atoms with Crippen molar-refractivity contribution in [3.63, 3.8) is 0 Å². The van der Waals surface area contributed by atoms with Crippen LogP contribution in [-0.4, -0.2) is 23.7 Å². The Morgan fingerprint density at radius 2 is 1.89 bits per heavy atom. The lowest BCUT2D eigenvalue weighted by Crippen LogP contribution is -2.21. The van der Waals surface area contributed by atoms with Crippen LogP contribution in [0.5, 0.6) is 0 Å². The maximum Gasteiger partial charge on any atom is 0.363 e. The molecule has 10 heteroatoms. The molecule has 0 radical (unpaired) electrons. The molecule has 0 fully saturated rings. The minimum absolute atomic E-state index is 0.0484. The van der Waals surface area contributed by atoms with Gasteiger partial charge in [-0.15, -0.1) is 0 Å². The van der Waals surface area contributed by atoms with Gasteiger partial charge in [-0.2, -0.15) is 8.75 Å². The van der Waals surface area contributed by atoms with Gasteiger partial charge in [-0.1, -0.05) is 25.1 Å². The monoisotopic (exact) mass is 416 g/mol. The van der Waals surface area contributed by atoms with Crippen molar-refractivity contribution in [3.8, 4) is 0 Å². The van der Waals surface area contributed by atoms with Crippen molar-refractivity contribution in [3.05, 3.63) is 52.9 Å². The molecule has 2 N–H and O–H groups in total. The van der Waals surface area contributed by atoms with E-state index >= 15 is 0 Å². The first kappa shape index (κ1) is 18.4. The van der Waals surface area contributed by atoms with Gasteiger partial charge >= 0.3 is 5.63 Å². The summed E-state index contributed by atoms with van der Waals surface area (Å²) < 4.78 is 41.9. The fourth-order valence-corrected chi connectivity index (χ4v) is 4.70. The van der Waals surface area contributed by atoms with Crippen molar-refractivity contribution in [2.75, 3.05) is 16.6 Å². The summed E-state index contributed by atoms with van der Waals surface area (Å²) >= 11 is 0.924. The van der Waals surface area contributed by atoms with Gasteiger partial charge in [0.15, 0.2) is 5.69 Å². The third-order valence-corrected chi connectivity index (χ3v) is 6.06. The topological polar surface area (TPSA) is 114 Å². The van der Waals surface area contributed by atoms with E-state index in [1.807, 2.05) is 6.92 Å². The van der Waals surface area contributed by atoms with Gasteiger partial charge in [0.25, 0.3) is 10.0 Å². The number of fused-ring (bicyclic) bond motifs is 2. The molecular formula is C18H16N4O4S2. The van der Waals surface area contributed by atoms with Crippen LogP contribution in [0.3, 0.4) is 0 Å². The van der Waals surface area contributed by atoms with Crippen molar-refractivity contribution in [1.82, 2.24) is 8.75 Å². The van der Waals surface area contributed by atoms with Gasteiger partial charge in [0, 0.05) is 11.9 Å². The largest absolute Gasteiger partial charge is 0.421 e. The number of para-hydroxylation sites is 1. The van der Waals surface area contributed by atoms with E-state index in [4.69, 9.17) is 4.42 Å². The molecule has 0 amide bonds. The van der Waals surface area contributed by atoms with Crippen LogP contribution in [0.1, 0.15) is 13.3 Å². The summed E-state index contributed by atoms with van der Waals surface area (Å²) in [6.45, 7) is 2.54. The molecule has 0 aliphatic carbocycles. The smallest absolute Gasteiger partial charge is 0.363 e. The number of benzene rings is 2. The molecule has 0 saturated carbocycles. The Hall–Kier alpha value is -2.98. The Labute approximate surface area is 164 Å². The first-order chi connectivity index (χ1) is 13.5. The summed E-state index contributed by atoms with van der Waals surface area (Å²) in [5.41, 5.74) is 0.563. The van der Waals surface area contributed by atoms with Crippen molar-refractivity contribution in [2.24, 2.45) is 0 Å². The second-order valence-electron chi connectivity index (χ2n) is 6.06. The van der Waals surface area contributed by atoms with Gasteiger partial charge in [0.2, 0.25) is 0 Å². The summed E-state index contributed by atoms with van der Waals surface area (Å²) in [5, 5.41) is 3.75. The van der Waals surface area contributed by atoms with Crippen molar-refractivity contribution in [2.45, 2.75) is 18.2 Å². The molecule has 144 valence electrons. The molecule has 0 unspecified atom stereocenters. The molecule has 2 heterocycles. The van der Waals surface area contributed by atoms with Crippen LogP contribution in [0.25, 0.3) is 22.0 Å². The van der Waals surface area contributed by atoms with Crippen LogP contribution >= 0.6 is 11.7 Å². The summed E-state index contributed by atoms with van der Waals surface area (Å²) in [5.74, 6) is 0. The molecular weight excluding hydrogens is 400 g/mol. The van der Waals surface area contributed by atoms with Crippen LogP contribution in [0.4, 0.5) is 11.4 Å². The van der Waals surface area contributed by atoms with Crippen LogP contribution < -0.4 is 15.7 Å². The van der Waals surface area contributed by atoms with Gasteiger partial charge in [0.05, 0.1) is 17.4 Å². The second-order valence-corrected chi connectivity index (χ2v) is 8.24. The predicted molar refractivity (Wildman–Crippen MR) is 109 cm³/mol. The molecule has 0 spiro atoms. The van der Waals surface area contributed by atoms with Crippen molar-refractivity contribution < 1.29 is 12.8 Å². The molecule has 28 heavy (non-hydrogen) atoms. The van der Waals surface area contributed by atoms with Gasteiger partial charge < -0.3 is 9.73 Å². The fourth-order valence-electron chi connectivity index (χ4n) is 2.86. The van der Waals surface area contributed by atoms with E-state index in [1.54, 1.807) is 36.4 Å². The molecule has 0 bridgehead atoms. The summed E-state index contributed by atoms with van der Waals surface area (Å²) in [4.78, 5) is 12.5. The SMILES string of the molecule is CCCNc1c(NS(=O)(=O)c2cccc3nsnc23)c(=O)oc2ccccc12. The molecule has 2 aromatic carbocycles. The Morgan fingerprint density at radius 3 is 2.71 bits per heavy atom. The maximum atomic E-state index is 13.0. The lowest BCUT2D eigenvalue weighted by Gasteiger charge is -2.15. The third-order valence-electron chi connectivity index (χ3n) is 4.14. The van der Waals surface area contributed by atoms with Gasteiger partial charge in [-0.25, -0.2) is 13.2 Å². The Kier molecular flexibility index (Phi) is 4.73. The van der Waals surface area contributed by atoms with E-state index in [9.17, 15) is 13.2 Å². The van der Waals surface area contributed by atoms with Crippen LogP contribution in [0, 0.1) is 0 Å². The fraction of sp³-hybridized carbons (Fsp3) is 0.167. The Bertz CT molecular complexity index is 1330. The molecule has 2 aromatic heterocycles. The number of sulfonamides is 1. The normalized spacial score (nSPS) is 11.8. The summed E-state index contributed by atoms with van der Waals surface area (Å²) in [7, 11) is -4.09. The van der Waals surface area contributed by atoms with Crippen LogP contribution in [-0.2, 0) is 10.0 Å². The predicted octanol–water partition coefficient (Wildman–Crippen LogP) is 3.42. The highest BCUT2D eigenvalue weighted by atomic mass is 32.2. The highest BCUT2D eigenvalue weighted by Gasteiger charge is 2.24. The van der Waals surface area contributed by atoms with Gasteiger partial charge in [-0.05, 0) is 30.7 Å². The van der Waals surface area contributed by atoms with E-state index in [-0.39, 0.29) is 16.1 Å². The number of aromatic nitrogens is 2. The standard InChI is InChI=1S/C18H16N4O4S2/c1-2-10-19-15-11-6-3-4-8-13(11)26-18(23)17(15)22-28(24,25)14-9-5-7-12-16(14)21-27-20-12/h3-9,19,22H,2,10H2,1H3. The van der Waals surface area contributed by atoms with E-state index in [1.165, 1.54) is 6.07 Å². The van der Waals surface area contributed by atoms with E-state index in [0.29, 0.717) is 28.7 Å².